The molecule has 0 bridgehead atoms. The Hall–Kier alpha value is -14.2. The van der Waals surface area contributed by atoms with Crippen molar-refractivity contribution in [3.05, 3.63) is 364 Å². The fourth-order valence-corrected chi connectivity index (χ4v) is 9.88. The summed E-state index contributed by atoms with van der Waals surface area (Å²) < 4.78 is 60.7. The average molecular weight is 1760 g/mol. The summed E-state index contributed by atoms with van der Waals surface area (Å²) in [7, 11) is 0. The predicted octanol–water partition coefficient (Wildman–Crippen LogP) is 22.0. The van der Waals surface area contributed by atoms with Gasteiger partial charge in [-0.15, -0.1) is 52.6 Å². The third-order valence-corrected chi connectivity index (χ3v) is 16.7. The summed E-state index contributed by atoms with van der Waals surface area (Å²) in [4.78, 5) is 141. The van der Waals surface area contributed by atoms with Crippen molar-refractivity contribution in [2.24, 2.45) is 0 Å². The monoisotopic (exact) mass is 1760 g/mol. The van der Waals surface area contributed by atoms with Crippen LogP contribution >= 0.6 is 0 Å². The van der Waals surface area contributed by atoms with E-state index in [1.165, 1.54) is 66.8 Å². The van der Waals surface area contributed by atoms with Gasteiger partial charge in [0.05, 0.1) is 120 Å². The first kappa shape index (κ1) is 112. The quantitative estimate of drug-likeness (QED) is 0.0148. The second-order valence-corrected chi connectivity index (χ2v) is 27.0. The van der Waals surface area contributed by atoms with E-state index in [-0.39, 0.29) is 38.4 Å². The highest BCUT2D eigenvalue weighted by atomic mass is 16.6. The number of hydrogen-bond donors (Lipinski definition) is 0. The maximum absolute atomic E-state index is 12.0. The van der Waals surface area contributed by atoms with Gasteiger partial charge in [-0.2, -0.15) is 0 Å². The second kappa shape index (κ2) is 74.3. The maximum Gasteiger partial charge on any atom is 0.338 e. The van der Waals surface area contributed by atoms with Gasteiger partial charge in [0, 0.05) is 0 Å². The van der Waals surface area contributed by atoms with Crippen molar-refractivity contribution in [1.29, 1.82) is 0 Å². The minimum absolute atomic E-state index is 0.129. The van der Waals surface area contributed by atoms with Crippen LogP contribution in [0.25, 0.3) is 0 Å². The van der Waals surface area contributed by atoms with E-state index in [0.717, 1.165) is 128 Å². The molecule has 684 valence electrons. The summed E-state index contributed by atoms with van der Waals surface area (Å²) in [6.07, 6.45) is 37.3. The molecule has 0 aliphatic carbocycles. The summed E-state index contributed by atoms with van der Waals surface area (Å²) in [5, 5.41) is 0. The normalized spacial score (nSPS) is 9.75. The highest BCUT2D eigenvalue weighted by Gasteiger charge is 2.19. The molecule has 0 N–H and O–H groups in total. The first-order chi connectivity index (χ1) is 62.1. The molecule has 0 unspecified atom stereocenters. The van der Waals surface area contributed by atoms with Crippen LogP contribution in [0.15, 0.2) is 297 Å². The van der Waals surface area contributed by atoms with Gasteiger partial charge in [-0.1, -0.05) is 117 Å². The summed E-state index contributed by atoms with van der Waals surface area (Å²) in [5.74, 6) is -5.19. The smallest absolute Gasteiger partial charge is 0.338 e. The molecule has 0 aromatic heterocycles. The zero-order valence-corrected chi connectivity index (χ0v) is 73.7. The van der Waals surface area contributed by atoms with Gasteiger partial charge in [-0.25, -0.2) is 57.5 Å². The number of carbonyl (C=O) groups excluding carboxylic acids is 12. The van der Waals surface area contributed by atoms with Crippen LogP contribution < -0.4 is 0 Å². The Morgan fingerprint density at radius 3 is 0.453 bits per heavy atom. The Kier molecular flexibility index (Phi) is 64.9. The molecule has 24 heteroatoms. The lowest BCUT2D eigenvalue weighted by molar-refractivity contribution is 0.0480. The van der Waals surface area contributed by atoms with Gasteiger partial charge in [-0.3, -0.25) is 0 Å². The van der Waals surface area contributed by atoms with Gasteiger partial charge in [0.15, 0.2) is 0 Å². The lowest BCUT2D eigenvalue weighted by atomic mass is 10.1. The van der Waals surface area contributed by atoms with Gasteiger partial charge in [-0.05, 0) is 256 Å². The first-order valence-corrected chi connectivity index (χ1v) is 42.1. The number of esters is 12. The van der Waals surface area contributed by atoms with Gasteiger partial charge in [0.2, 0.25) is 0 Å². The minimum atomic E-state index is -0.506. The minimum Gasteiger partial charge on any atom is -0.462 e. The summed E-state index contributed by atoms with van der Waals surface area (Å²) >= 11 is 0. The van der Waals surface area contributed by atoms with Crippen molar-refractivity contribution < 1.29 is 114 Å². The van der Waals surface area contributed by atoms with Crippen molar-refractivity contribution in [3.63, 3.8) is 0 Å². The Morgan fingerprint density at radius 1 is 0.164 bits per heavy atom. The number of rotatable bonds is 56. The third-order valence-electron chi connectivity index (χ3n) is 16.7. The molecule has 0 heterocycles. The van der Waals surface area contributed by atoms with Crippen LogP contribution in [0.3, 0.4) is 0 Å². The van der Waals surface area contributed by atoms with E-state index in [1.807, 2.05) is 24.3 Å². The molecule has 6 rings (SSSR count). The number of ether oxygens (including phenoxy) is 12. The van der Waals surface area contributed by atoms with E-state index in [4.69, 9.17) is 56.8 Å². The Balaban J connectivity index is 0.000000770. The molecule has 0 atom stereocenters. The van der Waals surface area contributed by atoms with E-state index >= 15 is 0 Å². The molecule has 6 aromatic rings. The highest BCUT2D eigenvalue weighted by molar-refractivity contribution is 5.99. The number of hydrogen-bond acceptors (Lipinski definition) is 24. The van der Waals surface area contributed by atoms with E-state index in [1.54, 1.807) is 127 Å². The number of unbranched alkanes of at least 4 members (excludes halogenated alkanes) is 12. The lowest BCUT2D eigenvalue weighted by Gasteiger charge is -2.07. The molecule has 0 aliphatic heterocycles. The standard InChI is InChI=1S/2C20H26O4.2C18H22O4.2C14H14O4/c1-3-5-7-9-15-23-19(21)17-11-13-18(14-12-17)20(22)24-16-10-8-6-4-2;1-3-5-7-9-14-23-19(21)17-12-11-13-18(16-17)20(22)24-15-10-8-6-4-2;1-3-5-7-13-21-17(19)15-9-11-16(12-10-15)18(20)22-14-8-6-4-2;1-3-5-7-12-21-17(19)15-10-9-11-16(14-15)18(20)22-13-8-6-4-2;1-3-9-17-13(15)11-5-7-12(8-6-11)14(16)18-10-4-2;1-3-8-17-13(15)11-6-5-7-12(10-11)14(16)18-9-4-2/h3-4,11-14H,1-2,5-10,15-16H2;3-4,11-13,16H,1-2,5-10,14-15H2;3-4,9-12H,1-2,5-8,13-14H2;3-4,9-11,14H,1-2,5-8,12-13H2;3-8H,1-2,9-10H2;3-7,10H,1-2,8-9H2. The number of carbonyl (C=O) groups is 12. The van der Waals surface area contributed by atoms with Gasteiger partial charge in [0.25, 0.3) is 0 Å². The largest absolute Gasteiger partial charge is 0.462 e. The molecule has 0 aliphatic rings. The van der Waals surface area contributed by atoms with E-state index in [0.29, 0.717) is 120 Å². The van der Waals surface area contributed by atoms with Gasteiger partial charge in [0.1, 0.15) is 26.4 Å². The van der Waals surface area contributed by atoms with Crippen molar-refractivity contribution >= 4 is 71.6 Å². The predicted molar refractivity (Wildman–Crippen MR) is 497 cm³/mol. The van der Waals surface area contributed by atoms with E-state index in [2.05, 4.69) is 78.9 Å². The Morgan fingerprint density at radius 2 is 0.297 bits per heavy atom. The lowest BCUT2D eigenvalue weighted by Crippen LogP contribution is -2.10. The summed E-state index contributed by atoms with van der Waals surface area (Å²) in [6, 6.07) is 37.6. The molecule has 0 radical (unpaired) electrons. The molecular formula is C104H124O24. The van der Waals surface area contributed by atoms with E-state index in [9.17, 15) is 57.5 Å². The van der Waals surface area contributed by atoms with Gasteiger partial charge < -0.3 is 56.8 Å². The van der Waals surface area contributed by atoms with Gasteiger partial charge >= 0.3 is 71.6 Å². The fourth-order valence-electron chi connectivity index (χ4n) is 9.88. The SMILES string of the molecule is C=CCCCCOC(=O)c1ccc(C(=O)OCCCCC=C)cc1.C=CCCCCOC(=O)c1cccc(C(=O)OCCCCC=C)c1.C=CCCCOC(=O)c1ccc(C(=O)OCCCC=C)cc1.C=CCCCOC(=O)c1cccc(C(=O)OCCCC=C)c1.C=CCOC(=O)c1ccc(C(=O)OCC=C)cc1.C=CCOC(=O)c1cccc(C(=O)OCC=C)c1. The number of allylic oxidation sites excluding steroid dienone is 8. The van der Waals surface area contributed by atoms with Crippen molar-refractivity contribution in [2.45, 2.75) is 128 Å². The van der Waals surface area contributed by atoms with Crippen LogP contribution in [-0.2, 0) is 56.8 Å². The van der Waals surface area contributed by atoms with Crippen LogP contribution in [0.5, 0.6) is 0 Å². The molecule has 0 fully saturated rings. The fraction of sp³-hybridized carbons (Fsp3) is 0.308. The maximum atomic E-state index is 12.0. The molecule has 24 nitrogen and oxygen atoms in total. The van der Waals surface area contributed by atoms with Crippen molar-refractivity contribution in [3.8, 4) is 0 Å². The topological polar surface area (TPSA) is 316 Å². The summed E-state index contributed by atoms with van der Waals surface area (Å²) in [5.41, 5.74) is 4.45. The van der Waals surface area contributed by atoms with Crippen molar-refractivity contribution in [1.82, 2.24) is 0 Å². The number of benzene rings is 6. The van der Waals surface area contributed by atoms with Crippen LogP contribution in [-0.4, -0.2) is 151 Å². The Bertz CT molecular complexity index is 4200. The van der Waals surface area contributed by atoms with Crippen LogP contribution in [0.1, 0.15) is 253 Å². The van der Waals surface area contributed by atoms with E-state index < -0.39 is 59.7 Å². The molecule has 6 aromatic carbocycles. The summed E-state index contributed by atoms with van der Waals surface area (Å²) in [6.45, 7) is 46.3. The molecule has 0 spiro atoms. The van der Waals surface area contributed by atoms with Crippen molar-refractivity contribution in [2.75, 3.05) is 79.3 Å². The third kappa shape index (κ3) is 52.5. The molecule has 0 saturated carbocycles. The molecule has 0 amide bonds. The Labute approximate surface area is 754 Å². The van der Waals surface area contributed by atoms with Crippen LogP contribution in [0.4, 0.5) is 0 Å². The average Bonchev–Trinajstić information content (AvgIpc) is 0.992. The first-order valence-electron chi connectivity index (χ1n) is 42.1. The molecule has 128 heavy (non-hydrogen) atoms. The molecular weight excluding hydrogens is 1630 g/mol. The molecule has 0 saturated heterocycles. The highest BCUT2D eigenvalue weighted by Crippen LogP contribution is 2.17. The zero-order valence-electron chi connectivity index (χ0n) is 73.7. The zero-order chi connectivity index (χ0) is 94.4. The van der Waals surface area contributed by atoms with Crippen LogP contribution in [0, 0.1) is 0 Å². The van der Waals surface area contributed by atoms with Crippen LogP contribution in [0.2, 0.25) is 0 Å². The second-order valence-electron chi connectivity index (χ2n) is 27.0.